The molecule has 0 spiro atoms. The highest BCUT2D eigenvalue weighted by Crippen LogP contribution is 2.26. The number of likely N-dealkylation sites (N-methyl/N-ethyl adjacent to an activating group) is 1. The van der Waals surface area contributed by atoms with Crippen LogP contribution in [-0.2, 0) is 11.3 Å². The minimum absolute atomic E-state index is 0.158. The molecular weight excluding hydrogens is 337 g/mol. The summed E-state index contributed by atoms with van der Waals surface area (Å²) in [6, 6.07) is 12.3. The van der Waals surface area contributed by atoms with Gasteiger partial charge in [-0.3, -0.25) is 9.69 Å². The molecule has 0 aromatic heterocycles. The van der Waals surface area contributed by atoms with Gasteiger partial charge in [-0.2, -0.15) is 8.78 Å². The maximum absolute atomic E-state index is 12.9. The number of benzene rings is 2. The number of hydrogen-bond donors (Lipinski definition) is 1. The van der Waals surface area contributed by atoms with Gasteiger partial charge in [0.1, 0.15) is 5.82 Å². The van der Waals surface area contributed by atoms with Crippen molar-refractivity contribution in [3.8, 4) is 0 Å². The smallest absolute Gasteiger partial charge is 0.288 e. The van der Waals surface area contributed by atoms with Gasteiger partial charge in [-0.15, -0.1) is 0 Å². The summed E-state index contributed by atoms with van der Waals surface area (Å²) >= 11 is 0.458. The number of thioether (sulfide) groups is 1. The second-order valence-electron chi connectivity index (χ2n) is 5.25. The molecule has 0 aliphatic rings. The van der Waals surface area contributed by atoms with Crippen LogP contribution in [0.2, 0.25) is 0 Å². The van der Waals surface area contributed by atoms with Gasteiger partial charge < -0.3 is 5.32 Å². The van der Waals surface area contributed by atoms with E-state index in [0.717, 1.165) is 5.56 Å². The van der Waals surface area contributed by atoms with E-state index in [0.29, 0.717) is 28.9 Å². The Hall–Kier alpha value is -1.99. The molecule has 2 rings (SSSR count). The quantitative estimate of drug-likeness (QED) is 0.756. The molecule has 2 aromatic rings. The average molecular weight is 354 g/mol. The standard InChI is InChI=1S/C17H17F3N2OS/c1-22(10-12-2-4-13(18)5-3-12)11-16(23)21-14-6-8-15(9-7-14)24-17(19)20/h2-9,17H,10-11H2,1H3,(H,21,23). The van der Waals surface area contributed by atoms with Crippen molar-refractivity contribution >= 4 is 23.4 Å². The number of carbonyl (C=O) groups is 1. The van der Waals surface area contributed by atoms with Crippen LogP contribution < -0.4 is 5.32 Å². The predicted molar refractivity (Wildman–Crippen MR) is 89.7 cm³/mol. The van der Waals surface area contributed by atoms with Crippen molar-refractivity contribution < 1.29 is 18.0 Å². The highest BCUT2D eigenvalue weighted by Gasteiger charge is 2.09. The Bertz CT molecular complexity index is 663. The van der Waals surface area contributed by atoms with E-state index < -0.39 is 5.76 Å². The number of nitrogens with one attached hydrogen (secondary N) is 1. The first-order valence-corrected chi connectivity index (χ1v) is 8.08. The van der Waals surface area contributed by atoms with Gasteiger partial charge in [0.25, 0.3) is 5.76 Å². The number of amides is 1. The number of alkyl halides is 2. The Morgan fingerprint density at radius 3 is 2.33 bits per heavy atom. The van der Waals surface area contributed by atoms with Crippen molar-refractivity contribution in [1.82, 2.24) is 4.90 Å². The first kappa shape index (κ1) is 18.4. The van der Waals surface area contributed by atoms with E-state index in [9.17, 15) is 18.0 Å². The van der Waals surface area contributed by atoms with Crippen molar-refractivity contribution in [2.75, 3.05) is 18.9 Å². The Morgan fingerprint density at radius 2 is 1.75 bits per heavy atom. The summed E-state index contributed by atoms with van der Waals surface area (Å²) in [6.07, 6.45) is 0. The maximum Gasteiger partial charge on any atom is 0.288 e. The maximum atomic E-state index is 12.9. The third-order valence-corrected chi connectivity index (χ3v) is 3.87. The van der Waals surface area contributed by atoms with Crippen molar-refractivity contribution in [1.29, 1.82) is 0 Å². The number of carbonyl (C=O) groups excluding carboxylic acids is 1. The van der Waals surface area contributed by atoms with Crippen molar-refractivity contribution in [3.05, 3.63) is 59.9 Å². The van der Waals surface area contributed by atoms with Gasteiger partial charge in [-0.1, -0.05) is 23.9 Å². The Balaban J connectivity index is 1.82. The van der Waals surface area contributed by atoms with E-state index >= 15 is 0 Å². The van der Waals surface area contributed by atoms with E-state index in [-0.39, 0.29) is 18.3 Å². The third kappa shape index (κ3) is 6.25. The molecule has 24 heavy (non-hydrogen) atoms. The summed E-state index contributed by atoms with van der Waals surface area (Å²) in [5.74, 6) is -2.98. The van der Waals surface area contributed by atoms with Gasteiger partial charge in [0.05, 0.1) is 6.54 Å². The van der Waals surface area contributed by atoms with Gasteiger partial charge >= 0.3 is 0 Å². The summed E-state index contributed by atoms with van der Waals surface area (Å²) in [5.41, 5.74) is 1.45. The molecule has 128 valence electrons. The first-order valence-electron chi connectivity index (χ1n) is 7.20. The zero-order valence-electron chi connectivity index (χ0n) is 13.0. The molecule has 0 aliphatic carbocycles. The van der Waals surface area contributed by atoms with Crippen LogP contribution in [0.15, 0.2) is 53.4 Å². The second kappa shape index (κ2) is 8.75. The van der Waals surface area contributed by atoms with Crippen molar-refractivity contribution in [2.24, 2.45) is 0 Å². The lowest BCUT2D eigenvalue weighted by atomic mass is 10.2. The number of rotatable bonds is 7. The zero-order valence-corrected chi connectivity index (χ0v) is 13.8. The lowest BCUT2D eigenvalue weighted by Crippen LogP contribution is -2.29. The fourth-order valence-corrected chi connectivity index (χ4v) is 2.62. The van der Waals surface area contributed by atoms with Gasteiger partial charge in [0, 0.05) is 17.1 Å². The lowest BCUT2D eigenvalue weighted by Gasteiger charge is -2.16. The monoisotopic (exact) mass is 354 g/mol. The molecule has 0 bridgehead atoms. The molecule has 0 heterocycles. The molecular formula is C17H17F3N2OS. The molecule has 7 heteroatoms. The van der Waals surface area contributed by atoms with E-state index in [4.69, 9.17) is 0 Å². The first-order chi connectivity index (χ1) is 11.4. The summed E-state index contributed by atoms with van der Waals surface area (Å²) in [4.78, 5) is 14.2. The minimum atomic E-state index is -2.47. The molecule has 0 fully saturated rings. The molecule has 0 saturated heterocycles. The predicted octanol–water partition coefficient (Wildman–Crippen LogP) is 4.21. The molecule has 1 amide bonds. The molecule has 0 unspecified atom stereocenters. The normalized spacial score (nSPS) is 11.1. The fourth-order valence-electron chi connectivity index (χ4n) is 2.12. The zero-order chi connectivity index (χ0) is 17.5. The Kier molecular flexibility index (Phi) is 6.69. The average Bonchev–Trinajstić information content (AvgIpc) is 2.51. The van der Waals surface area contributed by atoms with Crippen molar-refractivity contribution in [3.63, 3.8) is 0 Å². The van der Waals surface area contributed by atoms with Crippen LogP contribution in [0.25, 0.3) is 0 Å². The van der Waals surface area contributed by atoms with Gasteiger partial charge in [0.2, 0.25) is 5.91 Å². The molecule has 2 aromatic carbocycles. The summed E-state index contributed by atoms with van der Waals surface area (Å²) in [7, 11) is 1.78. The number of halogens is 3. The van der Waals surface area contributed by atoms with Crippen LogP contribution in [0.4, 0.5) is 18.9 Å². The highest BCUT2D eigenvalue weighted by molar-refractivity contribution is 7.99. The summed E-state index contributed by atoms with van der Waals surface area (Å²) in [5, 5.41) is 2.71. The number of anilines is 1. The van der Waals surface area contributed by atoms with Gasteiger partial charge in [-0.05, 0) is 49.0 Å². The van der Waals surface area contributed by atoms with Crippen LogP contribution >= 0.6 is 11.8 Å². The molecule has 0 saturated carbocycles. The Morgan fingerprint density at radius 1 is 1.12 bits per heavy atom. The molecule has 1 N–H and O–H groups in total. The van der Waals surface area contributed by atoms with Crippen molar-refractivity contribution in [2.45, 2.75) is 17.2 Å². The van der Waals surface area contributed by atoms with E-state index in [1.165, 1.54) is 24.3 Å². The lowest BCUT2D eigenvalue weighted by molar-refractivity contribution is -0.117. The second-order valence-corrected chi connectivity index (χ2v) is 6.31. The van der Waals surface area contributed by atoms with Crippen LogP contribution in [0.1, 0.15) is 5.56 Å². The molecule has 3 nitrogen and oxygen atoms in total. The summed E-state index contributed by atoms with van der Waals surface area (Å²) in [6.45, 7) is 0.669. The van der Waals surface area contributed by atoms with E-state index in [1.54, 1.807) is 36.2 Å². The molecule has 0 radical (unpaired) electrons. The number of hydrogen-bond acceptors (Lipinski definition) is 3. The molecule has 0 atom stereocenters. The largest absolute Gasteiger partial charge is 0.325 e. The van der Waals surface area contributed by atoms with Crippen LogP contribution in [0, 0.1) is 5.82 Å². The fraction of sp³-hybridized carbons (Fsp3) is 0.235. The Labute approximate surface area is 142 Å². The van der Waals surface area contributed by atoms with Crippen LogP contribution in [-0.4, -0.2) is 30.2 Å². The topological polar surface area (TPSA) is 32.3 Å². The van der Waals surface area contributed by atoms with E-state index in [1.807, 2.05) is 0 Å². The summed E-state index contributed by atoms with van der Waals surface area (Å²) < 4.78 is 37.3. The van der Waals surface area contributed by atoms with Gasteiger partial charge in [-0.25, -0.2) is 4.39 Å². The SMILES string of the molecule is CN(CC(=O)Nc1ccc(SC(F)F)cc1)Cc1ccc(F)cc1. The van der Waals surface area contributed by atoms with Crippen LogP contribution in [0.5, 0.6) is 0 Å². The number of nitrogens with zero attached hydrogens (tertiary/aromatic N) is 1. The van der Waals surface area contributed by atoms with Gasteiger partial charge in [0.15, 0.2) is 0 Å². The van der Waals surface area contributed by atoms with Crippen LogP contribution in [0.3, 0.4) is 0 Å². The van der Waals surface area contributed by atoms with E-state index in [2.05, 4.69) is 5.32 Å². The minimum Gasteiger partial charge on any atom is -0.325 e. The third-order valence-electron chi connectivity index (χ3n) is 3.14. The molecule has 0 aliphatic heterocycles. The highest BCUT2D eigenvalue weighted by atomic mass is 32.2.